The number of nitrogens with zero attached hydrogens (tertiary/aromatic N) is 2. The molecule has 1 aliphatic rings. The van der Waals surface area contributed by atoms with Crippen molar-refractivity contribution in [2.75, 3.05) is 32.7 Å². The first kappa shape index (κ1) is 17.6. The van der Waals surface area contributed by atoms with Crippen LogP contribution in [-0.2, 0) is 17.6 Å². The van der Waals surface area contributed by atoms with Gasteiger partial charge >= 0.3 is 0 Å². The average Bonchev–Trinajstić information content (AvgIpc) is 2.65. The molecule has 1 saturated heterocycles. The summed E-state index contributed by atoms with van der Waals surface area (Å²) in [4.78, 5) is 16.6. The van der Waals surface area contributed by atoms with Gasteiger partial charge in [0.05, 0.1) is 6.42 Å². The van der Waals surface area contributed by atoms with Crippen LogP contribution in [0.5, 0.6) is 0 Å². The summed E-state index contributed by atoms with van der Waals surface area (Å²) in [5.41, 5.74) is 1.86. The summed E-state index contributed by atoms with van der Waals surface area (Å²) in [6.45, 7) is 4.33. The van der Waals surface area contributed by atoms with Gasteiger partial charge in [0.2, 0.25) is 5.91 Å². The standard InChI is InChI=1S/C21H25FN2O/c22-20-11-5-4-10-19(20)17-21(25)24-15-13-23(14-16-24)12-6-9-18-7-2-1-3-8-18/h1-5,7-8,10-11H,6,9,12-17H2. The lowest BCUT2D eigenvalue weighted by molar-refractivity contribution is -0.132. The first-order valence-electron chi connectivity index (χ1n) is 9.00. The molecule has 0 aromatic heterocycles. The Labute approximate surface area is 149 Å². The molecule has 4 heteroatoms. The van der Waals surface area contributed by atoms with Crippen LogP contribution >= 0.6 is 0 Å². The predicted octanol–water partition coefficient (Wildman–Crippen LogP) is 3.15. The summed E-state index contributed by atoms with van der Waals surface area (Å²) >= 11 is 0. The first-order valence-corrected chi connectivity index (χ1v) is 9.00. The minimum absolute atomic E-state index is 0.0223. The highest BCUT2D eigenvalue weighted by Gasteiger charge is 2.21. The van der Waals surface area contributed by atoms with Gasteiger partial charge in [0, 0.05) is 26.2 Å². The number of hydrogen-bond donors (Lipinski definition) is 0. The van der Waals surface area contributed by atoms with Crippen molar-refractivity contribution in [3.05, 3.63) is 71.5 Å². The van der Waals surface area contributed by atoms with E-state index in [2.05, 4.69) is 29.2 Å². The summed E-state index contributed by atoms with van der Waals surface area (Å²) in [6.07, 6.45) is 2.38. The molecule has 1 aliphatic heterocycles. The van der Waals surface area contributed by atoms with Gasteiger partial charge in [-0.2, -0.15) is 0 Å². The van der Waals surface area contributed by atoms with E-state index in [9.17, 15) is 9.18 Å². The van der Waals surface area contributed by atoms with Crippen LogP contribution in [0.25, 0.3) is 0 Å². The summed E-state index contributed by atoms with van der Waals surface area (Å²) in [6, 6.07) is 17.1. The largest absolute Gasteiger partial charge is 0.340 e. The molecule has 1 amide bonds. The predicted molar refractivity (Wildman–Crippen MR) is 97.9 cm³/mol. The molecule has 0 spiro atoms. The molecule has 1 heterocycles. The Hall–Kier alpha value is -2.20. The smallest absolute Gasteiger partial charge is 0.227 e. The van der Waals surface area contributed by atoms with Crippen LogP contribution in [0.3, 0.4) is 0 Å². The van der Waals surface area contributed by atoms with Gasteiger partial charge in [0.1, 0.15) is 5.82 Å². The van der Waals surface area contributed by atoms with Crippen LogP contribution < -0.4 is 0 Å². The van der Waals surface area contributed by atoms with E-state index in [1.54, 1.807) is 18.2 Å². The van der Waals surface area contributed by atoms with Crippen molar-refractivity contribution in [3.8, 4) is 0 Å². The third-order valence-electron chi connectivity index (χ3n) is 4.81. The van der Waals surface area contributed by atoms with Crippen molar-refractivity contribution in [3.63, 3.8) is 0 Å². The van der Waals surface area contributed by atoms with Crippen LogP contribution in [0, 0.1) is 5.82 Å². The Morgan fingerprint density at radius 3 is 2.32 bits per heavy atom. The van der Waals surface area contributed by atoms with Crippen LogP contribution in [0.2, 0.25) is 0 Å². The number of piperazine rings is 1. The van der Waals surface area contributed by atoms with Crippen molar-refractivity contribution in [2.24, 2.45) is 0 Å². The molecule has 0 atom stereocenters. The lowest BCUT2D eigenvalue weighted by atomic mass is 10.1. The summed E-state index contributed by atoms with van der Waals surface area (Å²) < 4.78 is 13.7. The Balaban J connectivity index is 1.39. The summed E-state index contributed by atoms with van der Waals surface area (Å²) in [5, 5.41) is 0. The molecule has 0 bridgehead atoms. The maximum Gasteiger partial charge on any atom is 0.227 e. The van der Waals surface area contributed by atoms with Gasteiger partial charge < -0.3 is 4.90 Å². The van der Waals surface area contributed by atoms with Crippen molar-refractivity contribution >= 4 is 5.91 Å². The molecule has 3 nitrogen and oxygen atoms in total. The van der Waals surface area contributed by atoms with Crippen LogP contribution in [0.1, 0.15) is 17.5 Å². The molecule has 2 aromatic carbocycles. The van der Waals surface area contributed by atoms with Gasteiger partial charge in [-0.15, -0.1) is 0 Å². The number of rotatable bonds is 6. The molecule has 0 saturated carbocycles. The van der Waals surface area contributed by atoms with E-state index in [1.807, 2.05) is 11.0 Å². The molecule has 25 heavy (non-hydrogen) atoms. The highest BCUT2D eigenvalue weighted by Crippen LogP contribution is 2.11. The quantitative estimate of drug-likeness (QED) is 0.806. The summed E-state index contributed by atoms with van der Waals surface area (Å²) in [5.74, 6) is -0.274. The van der Waals surface area contributed by atoms with Crippen molar-refractivity contribution in [1.29, 1.82) is 0 Å². The Kier molecular flexibility index (Phi) is 6.18. The van der Waals surface area contributed by atoms with E-state index in [-0.39, 0.29) is 18.1 Å². The maximum atomic E-state index is 13.7. The first-order chi connectivity index (χ1) is 12.2. The average molecular weight is 340 g/mol. The molecule has 1 fully saturated rings. The molecular weight excluding hydrogens is 315 g/mol. The number of carbonyl (C=O) groups is 1. The highest BCUT2D eigenvalue weighted by molar-refractivity contribution is 5.79. The van der Waals surface area contributed by atoms with Gasteiger partial charge in [-0.05, 0) is 36.6 Å². The van der Waals surface area contributed by atoms with E-state index < -0.39 is 0 Å². The second kappa shape index (κ2) is 8.77. The normalized spacial score (nSPS) is 15.3. The third-order valence-corrected chi connectivity index (χ3v) is 4.81. The second-order valence-corrected chi connectivity index (χ2v) is 6.58. The molecule has 0 aliphatic carbocycles. The monoisotopic (exact) mass is 340 g/mol. The fraction of sp³-hybridized carbons (Fsp3) is 0.381. The van der Waals surface area contributed by atoms with Crippen LogP contribution in [0.15, 0.2) is 54.6 Å². The molecule has 0 unspecified atom stereocenters. The molecule has 2 aromatic rings. The number of carbonyl (C=O) groups excluding carboxylic acids is 1. The minimum Gasteiger partial charge on any atom is -0.340 e. The highest BCUT2D eigenvalue weighted by atomic mass is 19.1. The SMILES string of the molecule is O=C(Cc1ccccc1F)N1CCN(CCCc2ccccc2)CC1. The Morgan fingerprint density at radius 1 is 0.920 bits per heavy atom. The fourth-order valence-corrected chi connectivity index (χ4v) is 3.29. The Morgan fingerprint density at radius 2 is 1.60 bits per heavy atom. The van der Waals surface area contributed by atoms with Gasteiger partial charge in [0.25, 0.3) is 0 Å². The van der Waals surface area contributed by atoms with Gasteiger partial charge in [-0.3, -0.25) is 9.69 Å². The summed E-state index contributed by atoms with van der Waals surface area (Å²) in [7, 11) is 0. The zero-order chi connectivity index (χ0) is 17.5. The number of aryl methyl sites for hydroxylation is 1. The molecule has 3 rings (SSSR count). The minimum atomic E-state index is -0.296. The van der Waals surface area contributed by atoms with E-state index in [4.69, 9.17) is 0 Å². The van der Waals surface area contributed by atoms with E-state index in [0.29, 0.717) is 5.56 Å². The van der Waals surface area contributed by atoms with Gasteiger partial charge in [-0.25, -0.2) is 4.39 Å². The van der Waals surface area contributed by atoms with Crippen molar-refractivity contribution < 1.29 is 9.18 Å². The third kappa shape index (κ3) is 5.13. The van der Waals surface area contributed by atoms with E-state index in [0.717, 1.165) is 45.6 Å². The van der Waals surface area contributed by atoms with Crippen LogP contribution in [0.4, 0.5) is 4.39 Å². The van der Waals surface area contributed by atoms with E-state index in [1.165, 1.54) is 11.6 Å². The van der Waals surface area contributed by atoms with E-state index >= 15 is 0 Å². The number of hydrogen-bond acceptors (Lipinski definition) is 2. The van der Waals surface area contributed by atoms with Crippen molar-refractivity contribution in [2.45, 2.75) is 19.3 Å². The zero-order valence-electron chi connectivity index (χ0n) is 14.5. The van der Waals surface area contributed by atoms with Gasteiger partial charge in [0.15, 0.2) is 0 Å². The molecule has 0 N–H and O–H groups in total. The molecular formula is C21H25FN2O. The zero-order valence-corrected chi connectivity index (χ0v) is 14.5. The number of halogens is 1. The van der Waals surface area contributed by atoms with Crippen molar-refractivity contribution in [1.82, 2.24) is 9.80 Å². The second-order valence-electron chi connectivity index (χ2n) is 6.58. The number of benzene rings is 2. The van der Waals surface area contributed by atoms with Crippen LogP contribution in [-0.4, -0.2) is 48.4 Å². The fourth-order valence-electron chi connectivity index (χ4n) is 3.29. The molecule has 132 valence electrons. The Bertz CT molecular complexity index is 681. The maximum absolute atomic E-state index is 13.7. The topological polar surface area (TPSA) is 23.6 Å². The van der Waals surface area contributed by atoms with Gasteiger partial charge in [-0.1, -0.05) is 48.5 Å². The molecule has 0 radical (unpaired) electrons. The number of amides is 1. The lowest BCUT2D eigenvalue weighted by Crippen LogP contribution is -2.49. The lowest BCUT2D eigenvalue weighted by Gasteiger charge is -2.34.